The molecular weight excluding hydrogens is 202 g/mol. The van der Waals surface area contributed by atoms with Crippen molar-refractivity contribution in [1.82, 2.24) is 5.32 Å². The molecule has 0 aromatic heterocycles. The van der Waals surface area contributed by atoms with Gasteiger partial charge in [-0.25, -0.2) is 0 Å². The Hall–Kier alpha value is -0.860. The lowest BCUT2D eigenvalue weighted by atomic mass is 9.93. The van der Waals surface area contributed by atoms with Gasteiger partial charge in [0.15, 0.2) is 5.78 Å². The lowest BCUT2D eigenvalue weighted by molar-refractivity contribution is -0.133. The molecule has 0 aliphatic carbocycles. The van der Waals surface area contributed by atoms with Crippen LogP contribution in [0.2, 0.25) is 0 Å². The standard InChI is InChI=1S/C13H25NO2/c1-7-11(15)10(8-9(2)3)14-12(16)13(4,5)6/h9-10H,7-8H2,1-6H3,(H,14,16)/t10-/m1/s1. The van der Waals surface area contributed by atoms with E-state index in [-0.39, 0.29) is 17.7 Å². The van der Waals surface area contributed by atoms with Crippen molar-refractivity contribution in [3.63, 3.8) is 0 Å². The quantitative estimate of drug-likeness (QED) is 0.784. The van der Waals surface area contributed by atoms with Crippen molar-refractivity contribution in [1.29, 1.82) is 0 Å². The van der Waals surface area contributed by atoms with E-state index in [1.807, 2.05) is 27.7 Å². The summed E-state index contributed by atoms with van der Waals surface area (Å²) in [5.74, 6) is 0.465. The van der Waals surface area contributed by atoms with Crippen LogP contribution in [0.25, 0.3) is 0 Å². The Labute approximate surface area is 99.0 Å². The van der Waals surface area contributed by atoms with Crippen LogP contribution in [0.5, 0.6) is 0 Å². The second kappa shape index (κ2) is 6.02. The summed E-state index contributed by atoms with van der Waals surface area (Å²) in [6.45, 7) is 11.5. The molecule has 0 aromatic carbocycles. The van der Waals surface area contributed by atoms with Crippen molar-refractivity contribution >= 4 is 11.7 Å². The molecule has 1 amide bonds. The highest BCUT2D eigenvalue weighted by Gasteiger charge is 2.26. The highest BCUT2D eigenvalue weighted by molar-refractivity contribution is 5.90. The summed E-state index contributed by atoms with van der Waals surface area (Å²) in [5.41, 5.74) is -0.441. The lowest BCUT2D eigenvalue weighted by Crippen LogP contribution is -2.46. The number of rotatable bonds is 5. The third kappa shape index (κ3) is 5.29. The van der Waals surface area contributed by atoms with Gasteiger partial charge in [-0.05, 0) is 12.3 Å². The molecule has 0 aromatic rings. The molecule has 0 fully saturated rings. The molecular formula is C13H25NO2. The monoisotopic (exact) mass is 227 g/mol. The molecule has 0 spiro atoms. The summed E-state index contributed by atoms with van der Waals surface area (Å²) in [6.07, 6.45) is 1.19. The molecule has 0 aliphatic heterocycles. The van der Waals surface area contributed by atoms with Crippen LogP contribution in [-0.2, 0) is 9.59 Å². The predicted octanol–water partition coefficient (Wildman–Crippen LogP) is 2.54. The summed E-state index contributed by atoms with van der Waals surface area (Å²) in [7, 11) is 0. The number of carbonyl (C=O) groups is 2. The zero-order valence-electron chi connectivity index (χ0n) is 11.4. The zero-order chi connectivity index (χ0) is 12.9. The molecule has 0 rings (SSSR count). The van der Waals surface area contributed by atoms with Gasteiger partial charge in [0.2, 0.25) is 5.91 Å². The van der Waals surface area contributed by atoms with Gasteiger partial charge < -0.3 is 5.32 Å². The van der Waals surface area contributed by atoms with E-state index in [2.05, 4.69) is 19.2 Å². The number of hydrogen-bond donors (Lipinski definition) is 1. The number of Topliss-reactive ketones (excluding diaryl/α,β-unsaturated/α-hetero) is 1. The summed E-state index contributed by atoms with van der Waals surface area (Å²) in [4.78, 5) is 23.5. The van der Waals surface area contributed by atoms with E-state index in [1.54, 1.807) is 0 Å². The van der Waals surface area contributed by atoms with Crippen LogP contribution in [0.1, 0.15) is 54.4 Å². The zero-order valence-corrected chi connectivity index (χ0v) is 11.4. The van der Waals surface area contributed by atoms with Crippen LogP contribution in [-0.4, -0.2) is 17.7 Å². The summed E-state index contributed by atoms with van der Waals surface area (Å²) < 4.78 is 0. The minimum atomic E-state index is -0.441. The predicted molar refractivity (Wildman–Crippen MR) is 66.1 cm³/mol. The first-order valence-corrected chi connectivity index (χ1v) is 6.02. The van der Waals surface area contributed by atoms with Crippen LogP contribution < -0.4 is 5.32 Å². The molecule has 0 radical (unpaired) electrons. The maximum Gasteiger partial charge on any atom is 0.225 e. The third-order valence-corrected chi connectivity index (χ3v) is 2.43. The molecule has 0 saturated carbocycles. The van der Waals surface area contributed by atoms with Crippen molar-refractivity contribution in [2.75, 3.05) is 0 Å². The van der Waals surface area contributed by atoms with E-state index >= 15 is 0 Å². The van der Waals surface area contributed by atoms with E-state index in [4.69, 9.17) is 0 Å². The molecule has 94 valence electrons. The molecule has 0 bridgehead atoms. The van der Waals surface area contributed by atoms with Gasteiger partial charge in [-0.3, -0.25) is 9.59 Å². The van der Waals surface area contributed by atoms with Gasteiger partial charge in [-0.1, -0.05) is 41.5 Å². The van der Waals surface area contributed by atoms with Crippen LogP contribution in [0.4, 0.5) is 0 Å². The Morgan fingerprint density at radius 3 is 2.00 bits per heavy atom. The molecule has 1 atom stereocenters. The van der Waals surface area contributed by atoms with Gasteiger partial charge in [-0.15, -0.1) is 0 Å². The first-order valence-electron chi connectivity index (χ1n) is 6.02. The Morgan fingerprint density at radius 1 is 1.19 bits per heavy atom. The van der Waals surface area contributed by atoms with Crippen LogP contribution in [0, 0.1) is 11.3 Å². The van der Waals surface area contributed by atoms with Gasteiger partial charge in [0.25, 0.3) is 0 Å². The number of hydrogen-bond acceptors (Lipinski definition) is 2. The van der Waals surface area contributed by atoms with Crippen molar-refractivity contribution in [2.45, 2.75) is 60.4 Å². The van der Waals surface area contributed by atoms with Gasteiger partial charge in [0.1, 0.15) is 0 Å². The molecule has 3 heteroatoms. The fourth-order valence-corrected chi connectivity index (χ4v) is 1.36. The average molecular weight is 227 g/mol. The maximum atomic E-state index is 11.8. The fourth-order valence-electron chi connectivity index (χ4n) is 1.36. The molecule has 0 unspecified atom stereocenters. The van der Waals surface area contributed by atoms with E-state index in [9.17, 15) is 9.59 Å². The van der Waals surface area contributed by atoms with E-state index in [0.717, 1.165) is 0 Å². The Morgan fingerprint density at radius 2 is 1.69 bits per heavy atom. The molecule has 0 heterocycles. The second-order valence-electron chi connectivity index (χ2n) is 5.73. The normalized spacial score (nSPS) is 13.7. The molecule has 1 N–H and O–H groups in total. The van der Waals surface area contributed by atoms with E-state index < -0.39 is 5.41 Å². The van der Waals surface area contributed by atoms with Gasteiger partial charge in [-0.2, -0.15) is 0 Å². The highest BCUT2D eigenvalue weighted by atomic mass is 16.2. The Kier molecular flexibility index (Phi) is 5.70. The Bertz CT molecular complexity index is 251. The van der Waals surface area contributed by atoms with Gasteiger partial charge in [0, 0.05) is 11.8 Å². The smallest absolute Gasteiger partial charge is 0.225 e. The minimum absolute atomic E-state index is 0.0556. The number of carbonyl (C=O) groups excluding carboxylic acids is 2. The van der Waals surface area contributed by atoms with E-state index in [0.29, 0.717) is 18.8 Å². The fraction of sp³-hybridized carbons (Fsp3) is 0.846. The van der Waals surface area contributed by atoms with Gasteiger partial charge >= 0.3 is 0 Å². The lowest BCUT2D eigenvalue weighted by Gasteiger charge is -2.24. The second-order valence-corrected chi connectivity index (χ2v) is 5.73. The van der Waals surface area contributed by atoms with Crippen LogP contribution in [0.3, 0.4) is 0 Å². The Balaban J connectivity index is 4.55. The van der Waals surface area contributed by atoms with Gasteiger partial charge in [0.05, 0.1) is 6.04 Å². The van der Waals surface area contributed by atoms with Crippen LogP contribution >= 0.6 is 0 Å². The third-order valence-electron chi connectivity index (χ3n) is 2.43. The minimum Gasteiger partial charge on any atom is -0.346 e. The molecule has 16 heavy (non-hydrogen) atoms. The topological polar surface area (TPSA) is 46.2 Å². The highest BCUT2D eigenvalue weighted by Crippen LogP contribution is 2.15. The summed E-state index contributed by atoms with van der Waals surface area (Å²) in [5, 5.41) is 2.85. The molecule has 3 nitrogen and oxygen atoms in total. The van der Waals surface area contributed by atoms with Crippen molar-refractivity contribution in [3.05, 3.63) is 0 Å². The maximum absolute atomic E-state index is 11.8. The summed E-state index contributed by atoms with van der Waals surface area (Å²) >= 11 is 0. The number of nitrogens with one attached hydrogen (secondary N) is 1. The average Bonchev–Trinajstić information content (AvgIpc) is 2.13. The van der Waals surface area contributed by atoms with Crippen molar-refractivity contribution in [3.8, 4) is 0 Å². The van der Waals surface area contributed by atoms with E-state index in [1.165, 1.54) is 0 Å². The first-order chi connectivity index (χ1) is 7.18. The SMILES string of the molecule is CCC(=O)[C@@H](CC(C)C)NC(=O)C(C)(C)C. The largest absolute Gasteiger partial charge is 0.346 e. The molecule has 0 saturated heterocycles. The summed E-state index contributed by atoms with van der Waals surface area (Å²) in [6, 6.07) is -0.322. The number of ketones is 1. The van der Waals surface area contributed by atoms with Crippen LogP contribution in [0.15, 0.2) is 0 Å². The number of amides is 1. The van der Waals surface area contributed by atoms with Crippen molar-refractivity contribution in [2.24, 2.45) is 11.3 Å². The first kappa shape index (κ1) is 15.1. The molecule has 0 aliphatic rings. The van der Waals surface area contributed by atoms with Crippen molar-refractivity contribution < 1.29 is 9.59 Å².